The number of likely N-dealkylation sites (tertiary alicyclic amines) is 1. The number of hydrogen-bond donors (Lipinski definition) is 0. The van der Waals surface area contributed by atoms with E-state index in [0.29, 0.717) is 18.2 Å². The second-order valence-corrected chi connectivity index (χ2v) is 10.4. The Labute approximate surface area is 204 Å². The minimum absolute atomic E-state index is 0.103. The van der Waals surface area contributed by atoms with Gasteiger partial charge in [0.2, 0.25) is 5.91 Å². The number of rotatable bonds is 6. The molecular formula is C26H30FN5OS. The monoisotopic (exact) mass is 479 g/mol. The van der Waals surface area contributed by atoms with Crippen LogP contribution in [0.4, 0.5) is 4.39 Å². The lowest BCUT2D eigenvalue weighted by molar-refractivity contribution is -0.131. The fourth-order valence-electron chi connectivity index (χ4n) is 4.80. The molecule has 1 saturated heterocycles. The molecular weight excluding hydrogens is 449 g/mol. The Morgan fingerprint density at radius 1 is 1.00 bits per heavy atom. The van der Waals surface area contributed by atoms with Gasteiger partial charge in [-0.05, 0) is 74.7 Å². The zero-order chi connectivity index (χ0) is 23.5. The molecule has 0 radical (unpaired) electrons. The third-order valence-electron chi connectivity index (χ3n) is 6.67. The van der Waals surface area contributed by atoms with E-state index in [1.165, 1.54) is 54.3 Å². The Kier molecular flexibility index (Phi) is 6.97. The van der Waals surface area contributed by atoms with Crippen molar-refractivity contribution in [2.75, 3.05) is 19.6 Å². The highest BCUT2D eigenvalue weighted by molar-refractivity contribution is 8.00. The quantitative estimate of drug-likeness (QED) is 0.489. The maximum Gasteiger partial charge on any atom is 0.236 e. The number of benzene rings is 2. The van der Waals surface area contributed by atoms with Crippen molar-refractivity contribution in [3.05, 3.63) is 71.3 Å². The molecule has 6 nitrogen and oxygen atoms in total. The minimum atomic E-state index is -0.309. The van der Waals surface area contributed by atoms with Crippen LogP contribution in [0.3, 0.4) is 0 Å². The number of carbonyl (C=O) groups excluding carboxylic acids is 1. The van der Waals surface area contributed by atoms with Crippen LogP contribution in [0, 0.1) is 5.82 Å². The zero-order valence-electron chi connectivity index (χ0n) is 19.5. The van der Waals surface area contributed by atoms with Crippen molar-refractivity contribution in [1.29, 1.82) is 0 Å². The Morgan fingerprint density at radius 3 is 2.50 bits per heavy atom. The molecule has 1 aromatic heterocycles. The van der Waals surface area contributed by atoms with E-state index < -0.39 is 0 Å². The lowest BCUT2D eigenvalue weighted by Crippen LogP contribution is -2.40. The van der Waals surface area contributed by atoms with Gasteiger partial charge in [0.25, 0.3) is 0 Å². The van der Waals surface area contributed by atoms with Gasteiger partial charge in [-0.2, -0.15) is 0 Å². The van der Waals surface area contributed by atoms with E-state index in [1.807, 2.05) is 22.5 Å². The summed E-state index contributed by atoms with van der Waals surface area (Å²) in [5, 5.41) is 9.32. The minimum Gasteiger partial charge on any atom is -0.337 e. The van der Waals surface area contributed by atoms with Gasteiger partial charge in [-0.25, -0.2) is 4.39 Å². The van der Waals surface area contributed by atoms with Gasteiger partial charge in [0.15, 0.2) is 11.0 Å². The predicted molar refractivity (Wildman–Crippen MR) is 131 cm³/mol. The molecule has 1 fully saturated rings. The van der Waals surface area contributed by atoms with Gasteiger partial charge >= 0.3 is 0 Å². The summed E-state index contributed by atoms with van der Waals surface area (Å²) in [5.41, 5.74) is 3.36. The SMILES string of the molecule is CC(Sc1nnc(CN2CCCCC2)n1-c1ccc(F)cc1)C(=O)N1CCc2ccccc2C1. The molecule has 2 aliphatic rings. The van der Waals surface area contributed by atoms with E-state index in [-0.39, 0.29) is 17.0 Å². The number of thioether (sulfide) groups is 1. The summed E-state index contributed by atoms with van der Waals surface area (Å²) in [6.45, 7) is 6.09. The van der Waals surface area contributed by atoms with Gasteiger partial charge in [0, 0.05) is 18.8 Å². The molecule has 1 atom stereocenters. The number of aromatic nitrogens is 3. The number of piperidine rings is 1. The normalized spacial score (nSPS) is 17.4. The highest BCUT2D eigenvalue weighted by Crippen LogP contribution is 2.29. The van der Waals surface area contributed by atoms with E-state index in [4.69, 9.17) is 0 Å². The fourth-order valence-corrected chi connectivity index (χ4v) is 5.77. The van der Waals surface area contributed by atoms with Crippen LogP contribution in [-0.4, -0.2) is 55.4 Å². The molecule has 2 aromatic carbocycles. The first-order chi connectivity index (χ1) is 16.6. The summed E-state index contributed by atoms with van der Waals surface area (Å²) in [5.74, 6) is 0.644. The van der Waals surface area contributed by atoms with Crippen molar-refractivity contribution >= 4 is 17.7 Å². The van der Waals surface area contributed by atoms with Gasteiger partial charge in [-0.1, -0.05) is 42.4 Å². The van der Waals surface area contributed by atoms with Crippen LogP contribution < -0.4 is 0 Å². The van der Waals surface area contributed by atoms with Gasteiger partial charge in [0.1, 0.15) is 5.82 Å². The molecule has 0 aliphatic carbocycles. The van der Waals surface area contributed by atoms with Crippen LogP contribution in [0.1, 0.15) is 43.1 Å². The van der Waals surface area contributed by atoms with Gasteiger partial charge in [0.05, 0.1) is 11.8 Å². The van der Waals surface area contributed by atoms with Crippen molar-refractivity contribution < 1.29 is 9.18 Å². The number of nitrogens with zero attached hydrogens (tertiary/aromatic N) is 5. The lowest BCUT2D eigenvalue weighted by atomic mass is 10.00. The van der Waals surface area contributed by atoms with Crippen molar-refractivity contribution in [3.63, 3.8) is 0 Å². The number of halogens is 1. The van der Waals surface area contributed by atoms with E-state index in [2.05, 4.69) is 33.3 Å². The summed E-state index contributed by atoms with van der Waals surface area (Å²) < 4.78 is 15.6. The molecule has 3 aromatic rings. The first-order valence-electron chi connectivity index (χ1n) is 12.0. The van der Waals surface area contributed by atoms with E-state index in [9.17, 15) is 9.18 Å². The van der Waals surface area contributed by atoms with Crippen LogP contribution in [0.2, 0.25) is 0 Å². The van der Waals surface area contributed by atoms with Crippen LogP contribution in [0.5, 0.6) is 0 Å². The Bertz CT molecular complexity index is 1140. The Morgan fingerprint density at radius 2 is 1.74 bits per heavy atom. The highest BCUT2D eigenvalue weighted by atomic mass is 32.2. The zero-order valence-corrected chi connectivity index (χ0v) is 20.3. The second-order valence-electron chi connectivity index (χ2n) is 9.09. The molecule has 1 unspecified atom stereocenters. The number of carbonyl (C=O) groups is 1. The third kappa shape index (κ3) is 5.03. The Balaban J connectivity index is 1.36. The van der Waals surface area contributed by atoms with Crippen molar-refractivity contribution in [3.8, 4) is 5.69 Å². The molecule has 0 saturated carbocycles. The molecule has 0 spiro atoms. The van der Waals surface area contributed by atoms with Gasteiger partial charge in [-0.3, -0.25) is 14.3 Å². The fraction of sp³-hybridized carbons (Fsp3) is 0.423. The summed E-state index contributed by atoms with van der Waals surface area (Å²) in [7, 11) is 0. The van der Waals surface area contributed by atoms with Crippen molar-refractivity contribution in [1.82, 2.24) is 24.6 Å². The van der Waals surface area contributed by atoms with Crippen molar-refractivity contribution in [2.45, 2.75) is 56.1 Å². The predicted octanol–water partition coefficient (Wildman–Crippen LogP) is 4.46. The molecule has 0 bridgehead atoms. The van der Waals surface area contributed by atoms with Crippen LogP contribution in [-0.2, 0) is 24.3 Å². The second kappa shape index (κ2) is 10.3. The first kappa shape index (κ1) is 23.1. The molecule has 0 N–H and O–H groups in total. The summed E-state index contributed by atoms with van der Waals surface area (Å²) >= 11 is 1.42. The van der Waals surface area contributed by atoms with Crippen LogP contribution >= 0.6 is 11.8 Å². The van der Waals surface area contributed by atoms with E-state index >= 15 is 0 Å². The summed E-state index contributed by atoms with van der Waals surface area (Å²) in [4.78, 5) is 17.6. The highest BCUT2D eigenvalue weighted by Gasteiger charge is 2.28. The maximum absolute atomic E-state index is 13.6. The average Bonchev–Trinajstić information content (AvgIpc) is 3.26. The number of amides is 1. The molecule has 5 rings (SSSR count). The van der Waals surface area contributed by atoms with E-state index in [1.54, 1.807) is 12.1 Å². The molecule has 8 heteroatoms. The average molecular weight is 480 g/mol. The number of hydrogen-bond acceptors (Lipinski definition) is 5. The summed E-state index contributed by atoms with van der Waals surface area (Å²) in [6.07, 6.45) is 4.53. The van der Waals surface area contributed by atoms with Gasteiger partial charge in [-0.15, -0.1) is 10.2 Å². The van der Waals surface area contributed by atoms with Gasteiger partial charge < -0.3 is 4.90 Å². The largest absolute Gasteiger partial charge is 0.337 e. The molecule has 3 heterocycles. The van der Waals surface area contributed by atoms with E-state index in [0.717, 1.165) is 37.6 Å². The standard InChI is InChI=1S/C26H30FN5OS/c1-19(25(33)31-16-13-20-7-3-4-8-21(20)17-31)34-26-29-28-24(18-30-14-5-2-6-15-30)32(26)23-11-9-22(27)10-12-23/h3-4,7-12,19H,2,5-6,13-18H2,1H3. The smallest absolute Gasteiger partial charge is 0.236 e. The molecule has 34 heavy (non-hydrogen) atoms. The molecule has 1 amide bonds. The number of fused-ring (bicyclic) bond motifs is 1. The first-order valence-corrected chi connectivity index (χ1v) is 12.9. The Hall–Kier alpha value is -2.71. The van der Waals surface area contributed by atoms with Crippen LogP contribution in [0.25, 0.3) is 5.69 Å². The third-order valence-corrected chi connectivity index (χ3v) is 7.70. The maximum atomic E-state index is 13.6. The lowest BCUT2D eigenvalue weighted by Gasteiger charge is -2.30. The molecule has 2 aliphatic heterocycles. The topological polar surface area (TPSA) is 54.3 Å². The van der Waals surface area contributed by atoms with Crippen LogP contribution in [0.15, 0.2) is 53.7 Å². The van der Waals surface area contributed by atoms with Crippen molar-refractivity contribution in [2.24, 2.45) is 0 Å². The molecule has 178 valence electrons. The summed E-state index contributed by atoms with van der Waals surface area (Å²) in [6, 6.07) is 14.7.